The molecular weight excluding hydrogens is 240 g/mol. The van der Waals surface area contributed by atoms with Crippen molar-refractivity contribution < 1.29 is 14.6 Å². The molecule has 1 N–H and O–H groups in total. The lowest BCUT2D eigenvalue weighted by Gasteiger charge is -2.29. The average Bonchev–Trinajstić information content (AvgIpc) is 2.38. The first-order chi connectivity index (χ1) is 9.13. The van der Waals surface area contributed by atoms with E-state index in [0.29, 0.717) is 13.0 Å². The summed E-state index contributed by atoms with van der Waals surface area (Å²) in [6, 6.07) is 6.06. The molecule has 0 spiro atoms. The van der Waals surface area contributed by atoms with Crippen LogP contribution in [0.5, 0.6) is 5.75 Å². The molecule has 1 aromatic carbocycles. The van der Waals surface area contributed by atoms with Gasteiger partial charge >= 0.3 is 5.97 Å². The van der Waals surface area contributed by atoms with Crippen molar-refractivity contribution >= 4 is 5.97 Å². The number of fused-ring (bicyclic) bond motifs is 1. The number of hydrogen-bond donors (Lipinski definition) is 1. The Kier molecular flexibility index (Phi) is 4.46. The minimum Gasteiger partial charge on any atom is -0.493 e. The van der Waals surface area contributed by atoms with Crippen LogP contribution in [0.3, 0.4) is 0 Å². The zero-order valence-electron chi connectivity index (χ0n) is 11.7. The normalized spacial score (nSPS) is 21.8. The van der Waals surface area contributed by atoms with Crippen molar-refractivity contribution in [3.63, 3.8) is 0 Å². The van der Waals surface area contributed by atoms with Crippen molar-refractivity contribution in [1.29, 1.82) is 0 Å². The fourth-order valence-corrected chi connectivity index (χ4v) is 2.74. The minimum absolute atomic E-state index is 0.191. The topological polar surface area (TPSA) is 46.5 Å². The lowest BCUT2D eigenvalue weighted by Crippen LogP contribution is -2.30. The van der Waals surface area contributed by atoms with Crippen LogP contribution in [-0.2, 0) is 17.6 Å². The highest BCUT2D eigenvalue weighted by atomic mass is 16.5. The maximum Gasteiger partial charge on any atom is 0.307 e. The van der Waals surface area contributed by atoms with Crippen molar-refractivity contribution in [2.24, 2.45) is 11.8 Å². The molecule has 3 nitrogen and oxygen atoms in total. The van der Waals surface area contributed by atoms with Crippen LogP contribution in [0.15, 0.2) is 18.2 Å². The van der Waals surface area contributed by atoms with Crippen LogP contribution < -0.4 is 4.74 Å². The summed E-state index contributed by atoms with van der Waals surface area (Å²) in [4.78, 5) is 11.3. The standard InChI is InChI=1S/C16H22O3/c1-3-4-8-19-15-7-5-6-12-9-11(2)13(16(17)18)10-14(12)15/h5-7,11,13H,3-4,8-10H2,1-2H3,(H,17,18)/t11?,13-/m1/s1. The van der Waals surface area contributed by atoms with E-state index in [1.54, 1.807) is 0 Å². The molecule has 2 atom stereocenters. The molecule has 0 heterocycles. The Balaban J connectivity index is 2.21. The number of aliphatic carboxylic acids is 1. The zero-order chi connectivity index (χ0) is 13.8. The van der Waals surface area contributed by atoms with Crippen LogP contribution in [0, 0.1) is 11.8 Å². The summed E-state index contributed by atoms with van der Waals surface area (Å²) in [6.07, 6.45) is 3.55. The van der Waals surface area contributed by atoms with Gasteiger partial charge in [0, 0.05) is 0 Å². The quantitative estimate of drug-likeness (QED) is 0.828. The summed E-state index contributed by atoms with van der Waals surface area (Å²) < 4.78 is 5.82. The van der Waals surface area contributed by atoms with E-state index in [2.05, 4.69) is 13.0 Å². The van der Waals surface area contributed by atoms with E-state index in [0.717, 1.165) is 30.6 Å². The summed E-state index contributed by atoms with van der Waals surface area (Å²) >= 11 is 0. The molecule has 1 aliphatic rings. The third kappa shape index (κ3) is 3.09. The molecule has 0 saturated carbocycles. The molecule has 1 unspecified atom stereocenters. The van der Waals surface area contributed by atoms with Crippen molar-refractivity contribution in [1.82, 2.24) is 0 Å². The second-order valence-electron chi connectivity index (χ2n) is 5.43. The van der Waals surface area contributed by atoms with Crippen molar-refractivity contribution in [2.75, 3.05) is 6.61 Å². The molecule has 0 saturated heterocycles. The Hall–Kier alpha value is -1.51. The SMILES string of the molecule is CCCCOc1cccc2c1C[C@@H](C(=O)O)C(C)C2. The van der Waals surface area contributed by atoms with Gasteiger partial charge in [0.25, 0.3) is 0 Å². The summed E-state index contributed by atoms with van der Waals surface area (Å²) in [5.74, 6) is 0.0879. The van der Waals surface area contributed by atoms with Crippen molar-refractivity contribution in [3.8, 4) is 5.75 Å². The van der Waals surface area contributed by atoms with Gasteiger partial charge < -0.3 is 9.84 Å². The van der Waals surface area contributed by atoms with Crippen LogP contribution in [0.4, 0.5) is 0 Å². The molecule has 0 radical (unpaired) electrons. The second-order valence-corrected chi connectivity index (χ2v) is 5.43. The van der Waals surface area contributed by atoms with E-state index in [9.17, 15) is 9.90 Å². The highest BCUT2D eigenvalue weighted by Gasteiger charge is 2.32. The van der Waals surface area contributed by atoms with E-state index in [4.69, 9.17) is 4.74 Å². The first kappa shape index (κ1) is 13.9. The molecule has 1 aliphatic carbocycles. The fraction of sp³-hybridized carbons (Fsp3) is 0.562. The number of benzene rings is 1. The number of hydrogen-bond acceptors (Lipinski definition) is 2. The summed E-state index contributed by atoms with van der Waals surface area (Å²) in [5.41, 5.74) is 2.35. The second kappa shape index (κ2) is 6.09. The third-order valence-corrected chi connectivity index (χ3v) is 3.96. The van der Waals surface area contributed by atoms with Gasteiger partial charge in [-0.2, -0.15) is 0 Å². The van der Waals surface area contributed by atoms with Gasteiger partial charge in [-0.3, -0.25) is 4.79 Å². The molecule has 0 bridgehead atoms. The predicted octanol–water partition coefficient (Wildman–Crippen LogP) is 3.30. The maximum atomic E-state index is 11.3. The molecule has 0 fully saturated rings. The van der Waals surface area contributed by atoms with Gasteiger partial charge in [0.1, 0.15) is 5.75 Å². The van der Waals surface area contributed by atoms with Gasteiger partial charge in [0.05, 0.1) is 12.5 Å². The number of carbonyl (C=O) groups is 1. The van der Waals surface area contributed by atoms with Crippen molar-refractivity contribution in [2.45, 2.75) is 39.5 Å². The predicted molar refractivity (Wildman–Crippen MR) is 74.5 cm³/mol. The number of carboxylic acids is 1. The zero-order valence-corrected chi connectivity index (χ0v) is 11.7. The molecule has 0 amide bonds. The van der Waals surface area contributed by atoms with Crippen LogP contribution in [0.2, 0.25) is 0 Å². The Morgan fingerprint density at radius 2 is 2.21 bits per heavy atom. The van der Waals surface area contributed by atoms with Crippen LogP contribution >= 0.6 is 0 Å². The lowest BCUT2D eigenvalue weighted by atomic mass is 9.76. The number of carboxylic acid groups (broad SMARTS) is 1. The van der Waals surface area contributed by atoms with E-state index in [-0.39, 0.29) is 11.8 Å². The summed E-state index contributed by atoms with van der Waals surface area (Å²) in [7, 11) is 0. The molecule has 19 heavy (non-hydrogen) atoms. The van der Waals surface area contributed by atoms with Gasteiger partial charge in [-0.25, -0.2) is 0 Å². The van der Waals surface area contributed by atoms with Gasteiger partial charge in [-0.1, -0.05) is 32.4 Å². The lowest BCUT2D eigenvalue weighted by molar-refractivity contribution is -0.143. The number of ether oxygens (including phenoxy) is 1. The fourth-order valence-electron chi connectivity index (χ4n) is 2.74. The molecule has 0 aromatic heterocycles. The Labute approximate surface area is 114 Å². The molecule has 1 aromatic rings. The van der Waals surface area contributed by atoms with Crippen molar-refractivity contribution in [3.05, 3.63) is 29.3 Å². The molecule has 3 heteroatoms. The highest BCUT2D eigenvalue weighted by molar-refractivity contribution is 5.71. The number of rotatable bonds is 5. The molecule has 104 valence electrons. The van der Waals surface area contributed by atoms with Gasteiger partial charge in [0.15, 0.2) is 0 Å². The monoisotopic (exact) mass is 262 g/mol. The smallest absolute Gasteiger partial charge is 0.307 e. The Morgan fingerprint density at radius 1 is 1.42 bits per heavy atom. The Morgan fingerprint density at radius 3 is 2.89 bits per heavy atom. The highest BCUT2D eigenvalue weighted by Crippen LogP contribution is 2.35. The van der Waals surface area contributed by atoms with Gasteiger partial charge in [-0.05, 0) is 42.4 Å². The largest absolute Gasteiger partial charge is 0.493 e. The molecule has 2 rings (SSSR count). The molecule has 0 aliphatic heterocycles. The van der Waals surface area contributed by atoms with Crippen LogP contribution in [0.1, 0.15) is 37.8 Å². The van der Waals surface area contributed by atoms with Crippen LogP contribution in [0.25, 0.3) is 0 Å². The molecular formula is C16H22O3. The average molecular weight is 262 g/mol. The van der Waals surface area contributed by atoms with E-state index in [1.165, 1.54) is 5.56 Å². The van der Waals surface area contributed by atoms with E-state index < -0.39 is 5.97 Å². The van der Waals surface area contributed by atoms with Gasteiger partial charge in [0.2, 0.25) is 0 Å². The third-order valence-electron chi connectivity index (χ3n) is 3.96. The first-order valence-corrected chi connectivity index (χ1v) is 7.09. The van der Waals surface area contributed by atoms with E-state index >= 15 is 0 Å². The Bertz CT molecular complexity index is 453. The number of unbranched alkanes of at least 4 members (excludes halogenated alkanes) is 1. The van der Waals surface area contributed by atoms with Crippen LogP contribution in [-0.4, -0.2) is 17.7 Å². The minimum atomic E-state index is -0.693. The summed E-state index contributed by atoms with van der Waals surface area (Å²) in [6.45, 7) is 4.86. The maximum absolute atomic E-state index is 11.3. The first-order valence-electron chi connectivity index (χ1n) is 7.09. The van der Waals surface area contributed by atoms with Gasteiger partial charge in [-0.15, -0.1) is 0 Å². The van der Waals surface area contributed by atoms with E-state index in [1.807, 2.05) is 19.1 Å². The summed E-state index contributed by atoms with van der Waals surface area (Å²) in [5, 5.41) is 9.30.